The number of methoxy groups -OCH3 is 2. The van der Waals surface area contributed by atoms with Crippen molar-refractivity contribution in [3.8, 4) is 35.4 Å². The first kappa shape index (κ1) is 27.2. The van der Waals surface area contributed by atoms with Gasteiger partial charge in [0.2, 0.25) is 5.88 Å². The van der Waals surface area contributed by atoms with Crippen LogP contribution in [0.1, 0.15) is 18.2 Å². The quantitative estimate of drug-likeness (QED) is 0.256. The summed E-state index contributed by atoms with van der Waals surface area (Å²) in [6, 6.07) is 17.3. The van der Waals surface area contributed by atoms with E-state index in [2.05, 4.69) is 17.7 Å². The van der Waals surface area contributed by atoms with Gasteiger partial charge in [0.1, 0.15) is 18.1 Å². The molecule has 2 aromatic carbocycles. The molecule has 1 aromatic heterocycles. The van der Waals surface area contributed by atoms with Crippen LogP contribution in [0.25, 0.3) is 5.69 Å². The average Bonchev–Trinajstić information content (AvgIpc) is 3.25. The zero-order valence-corrected chi connectivity index (χ0v) is 21.2. The predicted octanol–water partition coefficient (Wildman–Crippen LogP) is 3.69. The number of hydrogen-bond donors (Lipinski definition) is 1. The van der Waals surface area contributed by atoms with Crippen LogP contribution >= 0.6 is 0 Å². The predicted molar refractivity (Wildman–Crippen MR) is 139 cm³/mol. The topological polar surface area (TPSA) is 78.2 Å². The number of hydrogen-bond acceptors (Lipinski definition) is 7. The normalized spacial score (nSPS) is 11.9. The van der Waals surface area contributed by atoms with Gasteiger partial charge in [0.25, 0.3) is 0 Å². The summed E-state index contributed by atoms with van der Waals surface area (Å²) in [7, 11) is 3.29. The van der Waals surface area contributed by atoms with E-state index in [1.165, 1.54) is 0 Å². The Morgan fingerprint density at radius 1 is 1.08 bits per heavy atom. The van der Waals surface area contributed by atoms with E-state index in [0.29, 0.717) is 37.9 Å². The Hall–Kier alpha value is -3.35. The molecule has 3 rings (SSSR count). The molecule has 0 aliphatic rings. The lowest BCUT2D eigenvalue weighted by Gasteiger charge is -2.25. The fraction of sp³-hybridized carbons (Fsp3) is 0.393. The van der Waals surface area contributed by atoms with Crippen molar-refractivity contribution in [2.75, 3.05) is 47.1 Å². The van der Waals surface area contributed by atoms with Gasteiger partial charge in [0.05, 0.1) is 43.4 Å². The van der Waals surface area contributed by atoms with Crippen molar-refractivity contribution in [2.24, 2.45) is 0 Å². The van der Waals surface area contributed by atoms with Crippen molar-refractivity contribution >= 4 is 0 Å². The molecule has 3 aromatic rings. The lowest BCUT2D eigenvalue weighted by Crippen LogP contribution is -2.36. The molecule has 0 aliphatic heterocycles. The maximum absolute atomic E-state index is 10.5. The second kappa shape index (κ2) is 14.3. The van der Waals surface area contributed by atoms with Gasteiger partial charge in [-0.05, 0) is 42.8 Å². The molecule has 0 unspecified atom stereocenters. The summed E-state index contributed by atoms with van der Waals surface area (Å²) in [5.41, 5.74) is 2.76. The molecule has 0 aliphatic carbocycles. The fourth-order valence-corrected chi connectivity index (χ4v) is 3.81. The molecule has 0 saturated carbocycles. The van der Waals surface area contributed by atoms with Gasteiger partial charge in [-0.1, -0.05) is 31.0 Å². The third-order valence-electron chi connectivity index (χ3n) is 5.59. The van der Waals surface area contributed by atoms with E-state index in [1.54, 1.807) is 14.2 Å². The molecule has 1 N–H and O–H groups in total. The minimum Gasteiger partial charge on any atom is -0.497 e. The number of nitrogens with zero attached hydrogens (tertiary/aromatic N) is 3. The third-order valence-corrected chi connectivity index (χ3v) is 5.59. The molecule has 0 fully saturated rings. The van der Waals surface area contributed by atoms with E-state index in [-0.39, 0.29) is 13.2 Å². The molecule has 8 nitrogen and oxygen atoms in total. The summed E-state index contributed by atoms with van der Waals surface area (Å²) in [5.74, 6) is 4.47. The minimum atomic E-state index is -0.699. The zero-order chi connectivity index (χ0) is 25.8. The number of para-hydroxylation sites is 1. The lowest BCUT2D eigenvalue weighted by atomic mass is 10.1. The number of aliphatic hydroxyl groups excluding tert-OH is 1. The van der Waals surface area contributed by atoms with Crippen LogP contribution in [0.5, 0.6) is 17.4 Å². The van der Waals surface area contributed by atoms with E-state index in [0.717, 1.165) is 29.1 Å². The summed E-state index contributed by atoms with van der Waals surface area (Å²) in [4.78, 5) is 2.11. The van der Waals surface area contributed by atoms with E-state index < -0.39 is 6.10 Å². The van der Waals surface area contributed by atoms with E-state index in [4.69, 9.17) is 30.5 Å². The number of aliphatic hydroxyl groups is 1. The molecular formula is C28H35N3O5. The van der Waals surface area contributed by atoms with Crippen LogP contribution in [0.3, 0.4) is 0 Å². The number of aryl methyl sites for hydroxylation is 1. The fourth-order valence-electron chi connectivity index (χ4n) is 3.81. The SMILES string of the molecule is C#CCOC[C@@H](O)CN(CCOC)Cc1c(CC)nn(-c2ccccc2)c1Oc1ccc(OC)cc1. The van der Waals surface area contributed by atoms with Crippen LogP contribution in [0, 0.1) is 12.3 Å². The molecule has 0 bridgehead atoms. The first-order valence-corrected chi connectivity index (χ1v) is 12.0. The van der Waals surface area contributed by atoms with Crippen molar-refractivity contribution in [2.45, 2.75) is 26.0 Å². The minimum absolute atomic E-state index is 0.160. The second-order valence-electron chi connectivity index (χ2n) is 8.21. The van der Waals surface area contributed by atoms with E-state index in [9.17, 15) is 5.11 Å². The molecule has 0 amide bonds. The lowest BCUT2D eigenvalue weighted by molar-refractivity contribution is 0.0205. The molecule has 0 radical (unpaired) electrons. The number of rotatable bonds is 15. The third kappa shape index (κ3) is 7.57. The largest absolute Gasteiger partial charge is 0.497 e. The van der Waals surface area contributed by atoms with Crippen LogP contribution in [-0.2, 0) is 22.4 Å². The number of aromatic nitrogens is 2. The van der Waals surface area contributed by atoms with Crippen molar-refractivity contribution in [3.05, 3.63) is 65.9 Å². The molecule has 0 saturated heterocycles. The Labute approximate surface area is 213 Å². The number of terminal acetylenes is 1. The van der Waals surface area contributed by atoms with Crippen molar-refractivity contribution < 1.29 is 24.1 Å². The van der Waals surface area contributed by atoms with Gasteiger partial charge in [-0.15, -0.1) is 6.42 Å². The van der Waals surface area contributed by atoms with Crippen LogP contribution in [0.15, 0.2) is 54.6 Å². The van der Waals surface area contributed by atoms with Crippen LogP contribution in [0.4, 0.5) is 0 Å². The highest BCUT2D eigenvalue weighted by Gasteiger charge is 2.23. The first-order chi connectivity index (χ1) is 17.6. The summed E-state index contributed by atoms with van der Waals surface area (Å²) in [6.07, 6.45) is 5.27. The second-order valence-corrected chi connectivity index (χ2v) is 8.21. The molecule has 8 heteroatoms. The summed E-state index contributed by atoms with van der Waals surface area (Å²) in [6.45, 7) is 4.42. The van der Waals surface area contributed by atoms with Gasteiger partial charge >= 0.3 is 0 Å². The summed E-state index contributed by atoms with van der Waals surface area (Å²) >= 11 is 0. The van der Waals surface area contributed by atoms with Crippen LogP contribution in [-0.4, -0.2) is 73.0 Å². The van der Waals surface area contributed by atoms with Crippen LogP contribution < -0.4 is 9.47 Å². The number of benzene rings is 2. The molecule has 192 valence electrons. The van der Waals surface area contributed by atoms with Crippen molar-refractivity contribution in [1.82, 2.24) is 14.7 Å². The summed E-state index contributed by atoms with van der Waals surface area (Å²) < 4.78 is 24.2. The smallest absolute Gasteiger partial charge is 0.227 e. The highest BCUT2D eigenvalue weighted by molar-refractivity contribution is 5.44. The Balaban J connectivity index is 1.96. The molecule has 36 heavy (non-hydrogen) atoms. The highest BCUT2D eigenvalue weighted by atomic mass is 16.5. The average molecular weight is 494 g/mol. The van der Waals surface area contributed by atoms with Gasteiger partial charge in [0, 0.05) is 26.7 Å². The first-order valence-electron chi connectivity index (χ1n) is 12.0. The van der Waals surface area contributed by atoms with E-state index in [1.807, 2.05) is 59.3 Å². The molecule has 1 atom stereocenters. The van der Waals surface area contributed by atoms with Crippen molar-refractivity contribution in [1.29, 1.82) is 0 Å². The Morgan fingerprint density at radius 3 is 2.44 bits per heavy atom. The molecule has 1 heterocycles. The molecule has 0 spiro atoms. The Bertz CT molecular complexity index is 1090. The van der Waals surface area contributed by atoms with Crippen LogP contribution in [0.2, 0.25) is 0 Å². The standard InChI is InChI=1S/C28H35N3O5/c1-5-17-35-21-23(32)19-30(16-18-33-3)20-26-27(6-2)29-31(22-10-8-7-9-11-22)28(26)36-25-14-12-24(34-4)13-15-25/h1,7-15,23,32H,6,16-21H2,2-4H3/t23-/m0/s1. The molecular weight excluding hydrogens is 458 g/mol. The Kier molecular flexibility index (Phi) is 10.8. The van der Waals surface area contributed by atoms with Gasteiger partial charge in [-0.25, -0.2) is 4.68 Å². The highest BCUT2D eigenvalue weighted by Crippen LogP contribution is 2.33. The van der Waals surface area contributed by atoms with Gasteiger partial charge < -0.3 is 24.1 Å². The van der Waals surface area contributed by atoms with Gasteiger partial charge in [0.15, 0.2) is 0 Å². The maximum atomic E-state index is 10.5. The van der Waals surface area contributed by atoms with Gasteiger partial charge in [-0.3, -0.25) is 4.90 Å². The van der Waals surface area contributed by atoms with Gasteiger partial charge in [-0.2, -0.15) is 5.10 Å². The van der Waals surface area contributed by atoms with E-state index >= 15 is 0 Å². The maximum Gasteiger partial charge on any atom is 0.227 e. The number of ether oxygens (including phenoxy) is 4. The zero-order valence-electron chi connectivity index (χ0n) is 21.2. The van der Waals surface area contributed by atoms with Crippen molar-refractivity contribution in [3.63, 3.8) is 0 Å². The monoisotopic (exact) mass is 493 g/mol. The Morgan fingerprint density at radius 2 is 1.81 bits per heavy atom. The summed E-state index contributed by atoms with van der Waals surface area (Å²) in [5, 5.41) is 15.4.